The lowest BCUT2D eigenvalue weighted by atomic mass is 9.65. The summed E-state index contributed by atoms with van der Waals surface area (Å²) in [7, 11) is 1.88. The van der Waals surface area contributed by atoms with Crippen molar-refractivity contribution in [3.8, 4) is 0 Å². The van der Waals surface area contributed by atoms with Gasteiger partial charge in [-0.05, 0) is 74.0 Å². The minimum absolute atomic E-state index is 0.475. The molecule has 5 unspecified atom stereocenters. The molecule has 0 amide bonds. The predicted molar refractivity (Wildman–Crippen MR) is 95.4 cm³/mol. The van der Waals surface area contributed by atoms with Gasteiger partial charge in [-0.2, -0.15) is 0 Å². The molecule has 0 aromatic carbocycles. The summed E-state index contributed by atoms with van der Waals surface area (Å²) < 4.78 is 12.1. The van der Waals surface area contributed by atoms with E-state index in [4.69, 9.17) is 9.47 Å². The lowest BCUT2D eigenvalue weighted by molar-refractivity contribution is -0.0948. The molecule has 3 fully saturated rings. The van der Waals surface area contributed by atoms with Gasteiger partial charge in [0.05, 0.1) is 18.8 Å². The van der Waals surface area contributed by atoms with Crippen LogP contribution in [-0.2, 0) is 9.47 Å². The summed E-state index contributed by atoms with van der Waals surface area (Å²) >= 11 is 0. The van der Waals surface area contributed by atoms with Gasteiger partial charge in [0.25, 0.3) is 0 Å². The Kier molecular flexibility index (Phi) is 6.07. The van der Waals surface area contributed by atoms with Gasteiger partial charge in [-0.25, -0.2) is 0 Å². The molecule has 1 saturated heterocycles. The van der Waals surface area contributed by atoms with Crippen LogP contribution in [0.25, 0.3) is 0 Å². The summed E-state index contributed by atoms with van der Waals surface area (Å²) in [4.78, 5) is 0. The van der Waals surface area contributed by atoms with Gasteiger partial charge in [-0.15, -0.1) is 0 Å². The fourth-order valence-corrected chi connectivity index (χ4v) is 5.77. The summed E-state index contributed by atoms with van der Waals surface area (Å²) in [5.74, 6) is 4.91. The van der Waals surface area contributed by atoms with Crippen molar-refractivity contribution in [2.75, 3.05) is 13.7 Å². The third-order valence-electron chi connectivity index (χ3n) is 7.72. The van der Waals surface area contributed by atoms with E-state index < -0.39 is 0 Å². The van der Waals surface area contributed by atoms with Crippen LogP contribution in [0.5, 0.6) is 0 Å². The van der Waals surface area contributed by atoms with Crippen LogP contribution in [0.4, 0.5) is 0 Å². The number of rotatable bonds is 3. The van der Waals surface area contributed by atoms with Crippen molar-refractivity contribution in [1.29, 1.82) is 0 Å². The van der Waals surface area contributed by atoms with Gasteiger partial charge < -0.3 is 9.47 Å². The van der Waals surface area contributed by atoms with Gasteiger partial charge >= 0.3 is 0 Å². The summed E-state index contributed by atoms with van der Waals surface area (Å²) in [5, 5.41) is 0. The fraction of sp³-hybridized carbons (Fsp3) is 1.00. The highest BCUT2D eigenvalue weighted by molar-refractivity contribution is 4.89. The van der Waals surface area contributed by atoms with Crippen LogP contribution in [0.15, 0.2) is 0 Å². The first kappa shape index (κ1) is 17.7. The Morgan fingerprint density at radius 2 is 1.43 bits per heavy atom. The Morgan fingerprint density at radius 3 is 2.04 bits per heavy atom. The molecule has 2 heteroatoms. The Morgan fingerprint density at radius 1 is 0.739 bits per heavy atom. The number of hydrogen-bond acceptors (Lipinski definition) is 2. The third kappa shape index (κ3) is 3.95. The molecular weight excluding hydrogens is 284 g/mol. The van der Waals surface area contributed by atoms with Crippen LogP contribution >= 0.6 is 0 Å². The summed E-state index contributed by atoms with van der Waals surface area (Å²) in [6, 6.07) is 0. The van der Waals surface area contributed by atoms with E-state index in [9.17, 15) is 0 Å². The maximum atomic E-state index is 6.42. The zero-order chi connectivity index (χ0) is 16.4. The van der Waals surface area contributed by atoms with Crippen molar-refractivity contribution in [1.82, 2.24) is 0 Å². The molecule has 0 N–H and O–H groups in total. The van der Waals surface area contributed by atoms with Crippen LogP contribution in [0.3, 0.4) is 0 Å². The summed E-state index contributed by atoms with van der Waals surface area (Å²) in [5.41, 5.74) is 0. The quantitative estimate of drug-likeness (QED) is 0.701. The molecule has 0 radical (unpaired) electrons. The number of methoxy groups -OCH3 is 1. The van der Waals surface area contributed by atoms with E-state index in [1.165, 1.54) is 51.4 Å². The summed E-state index contributed by atoms with van der Waals surface area (Å²) in [6.45, 7) is 8.28. The highest BCUT2D eigenvalue weighted by atomic mass is 16.5. The van der Waals surface area contributed by atoms with Crippen molar-refractivity contribution in [2.24, 2.45) is 35.5 Å². The second kappa shape index (κ2) is 7.87. The molecular formula is C21H38O2. The number of hydrogen-bond donors (Lipinski definition) is 0. The first-order valence-corrected chi connectivity index (χ1v) is 10.2. The van der Waals surface area contributed by atoms with E-state index in [0.717, 1.165) is 36.2 Å². The standard InChI is InChI=1S/C21H38O2/c1-14-5-7-17(8-6-14)21-11-9-18(13-23-21)19-10-12-20(22-4)16(3)15(19)2/h14-21H,5-13H2,1-4H3/t14?,15?,16?,17?,18-,19?,20?,21?/m1/s1. The molecule has 1 aliphatic heterocycles. The highest BCUT2D eigenvalue weighted by Crippen LogP contribution is 2.44. The molecule has 3 rings (SSSR count). The minimum atomic E-state index is 0.475. The van der Waals surface area contributed by atoms with Crippen LogP contribution in [0.2, 0.25) is 0 Å². The molecule has 2 aliphatic carbocycles. The van der Waals surface area contributed by atoms with Crippen molar-refractivity contribution in [3.05, 3.63) is 0 Å². The van der Waals surface area contributed by atoms with Crippen LogP contribution < -0.4 is 0 Å². The highest BCUT2D eigenvalue weighted by Gasteiger charge is 2.40. The summed E-state index contributed by atoms with van der Waals surface area (Å²) in [6.07, 6.45) is 12.0. The van der Waals surface area contributed by atoms with Gasteiger partial charge in [-0.3, -0.25) is 0 Å². The normalized spacial score (nSPS) is 49.0. The largest absolute Gasteiger partial charge is 0.381 e. The lowest BCUT2D eigenvalue weighted by Gasteiger charge is -2.45. The van der Waals surface area contributed by atoms with Gasteiger partial charge in [0.15, 0.2) is 0 Å². The maximum absolute atomic E-state index is 6.42. The Bertz CT molecular complexity index is 353. The van der Waals surface area contributed by atoms with Gasteiger partial charge in [0.2, 0.25) is 0 Å². The monoisotopic (exact) mass is 322 g/mol. The van der Waals surface area contributed by atoms with Gasteiger partial charge in [-0.1, -0.05) is 33.6 Å². The van der Waals surface area contributed by atoms with Crippen molar-refractivity contribution >= 4 is 0 Å². The Hall–Kier alpha value is -0.0800. The van der Waals surface area contributed by atoms with Gasteiger partial charge in [0, 0.05) is 7.11 Å². The molecule has 1 heterocycles. The molecule has 0 aromatic rings. The fourth-order valence-electron chi connectivity index (χ4n) is 5.77. The average Bonchev–Trinajstić information content (AvgIpc) is 2.58. The van der Waals surface area contributed by atoms with Crippen molar-refractivity contribution in [2.45, 2.75) is 84.3 Å². The molecule has 0 bridgehead atoms. The lowest BCUT2D eigenvalue weighted by Crippen LogP contribution is -2.43. The molecule has 134 valence electrons. The Labute approximate surface area is 143 Å². The second-order valence-electron chi connectivity index (χ2n) is 8.96. The smallest absolute Gasteiger partial charge is 0.0603 e. The van der Waals surface area contributed by atoms with Crippen LogP contribution in [0, 0.1) is 35.5 Å². The third-order valence-corrected chi connectivity index (χ3v) is 7.72. The molecule has 2 saturated carbocycles. The molecule has 6 atom stereocenters. The average molecular weight is 323 g/mol. The van der Waals surface area contributed by atoms with Crippen molar-refractivity contribution in [3.63, 3.8) is 0 Å². The second-order valence-corrected chi connectivity index (χ2v) is 8.96. The SMILES string of the molecule is COC1CCC([C@@H]2CCC(C3CCC(C)CC3)OC2)C(C)C1C. The number of ether oxygens (including phenoxy) is 2. The zero-order valence-corrected chi connectivity index (χ0v) is 15.8. The van der Waals surface area contributed by atoms with Crippen molar-refractivity contribution < 1.29 is 9.47 Å². The molecule has 3 aliphatic rings. The van der Waals surface area contributed by atoms with E-state index in [1.54, 1.807) is 0 Å². The van der Waals surface area contributed by atoms with E-state index in [2.05, 4.69) is 20.8 Å². The van der Waals surface area contributed by atoms with E-state index in [0.29, 0.717) is 18.1 Å². The van der Waals surface area contributed by atoms with E-state index in [-0.39, 0.29) is 0 Å². The van der Waals surface area contributed by atoms with E-state index >= 15 is 0 Å². The molecule has 2 nitrogen and oxygen atoms in total. The first-order chi connectivity index (χ1) is 11.1. The molecule has 0 spiro atoms. The molecule has 0 aromatic heterocycles. The topological polar surface area (TPSA) is 18.5 Å². The van der Waals surface area contributed by atoms with Crippen LogP contribution in [0.1, 0.15) is 72.1 Å². The first-order valence-electron chi connectivity index (χ1n) is 10.2. The van der Waals surface area contributed by atoms with E-state index in [1.807, 2.05) is 7.11 Å². The maximum Gasteiger partial charge on any atom is 0.0603 e. The van der Waals surface area contributed by atoms with Crippen LogP contribution in [-0.4, -0.2) is 25.9 Å². The minimum Gasteiger partial charge on any atom is -0.381 e. The Balaban J connectivity index is 1.49. The molecule has 23 heavy (non-hydrogen) atoms. The van der Waals surface area contributed by atoms with Gasteiger partial charge in [0.1, 0.15) is 0 Å². The zero-order valence-electron chi connectivity index (χ0n) is 15.8. The predicted octanol–water partition coefficient (Wildman–Crippen LogP) is 5.31.